The lowest BCUT2D eigenvalue weighted by atomic mass is 10.2. The summed E-state index contributed by atoms with van der Waals surface area (Å²) >= 11 is 0. The molecule has 3 N–H and O–H groups in total. The summed E-state index contributed by atoms with van der Waals surface area (Å²) in [6.07, 6.45) is 11.1. The number of hydrogen-bond donors (Lipinski definition) is 2. The van der Waals surface area contributed by atoms with Crippen molar-refractivity contribution in [3.05, 3.63) is 90.3 Å². The molecule has 0 fully saturated rings. The number of allylic oxidation sites excluding steroid dienone is 3. The van der Waals surface area contributed by atoms with Crippen molar-refractivity contribution in [2.45, 2.75) is 20.4 Å². The highest BCUT2D eigenvalue weighted by atomic mass is 19.1. The number of aromatic nitrogens is 5. The lowest BCUT2D eigenvalue weighted by Gasteiger charge is -2.12. The summed E-state index contributed by atoms with van der Waals surface area (Å²) in [7, 11) is 3.04. The van der Waals surface area contributed by atoms with Crippen molar-refractivity contribution >= 4 is 22.8 Å². The lowest BCUT2D eigenvalue weighted by molar-refractivity contribution is 0.0957. The van der Waals surface area contributed by atoms with E-state index in [4.69, 9.17) is 24.7 Å². The Morgan fingerprint density at radius 1 is 1.07 bits per heavy atom. The molecule has 13 heteroatoms. The van der Waals surface area contributed by atoms with E-state index in [9.17, 15) is 9.18 Å². The molecule has 4 rings (SSSR count). The van der Waals surface area contributed by atoms with E-state index in [1.807, 2.05) is 0 Å². The average Bonchev–Trinajstić information content (AvgIpc) is 3.41. The number of hydrogen-bond acceptors (Lipinski definition) is 10. The molecule has 0 aliphatic carbocycles. The fourth-order valence-electron chi connectivity index (χ4n) is 3.86. The third-order valence-electron chi connectivity index (χ3n) is 5.85. The van der Waals surface area contributed by atoms with Crippen molar-refractivity contribution in [2.24, 2.45) is 0 Å². The number of carbonyl (C=O) groups excluding carboxylic acids is 1. The van der Waals surface area contributed by atoms with Gasteiger partial charge >= 0.3 is 0 Å². The summed E-state index contributed by atoms with van der Waals surface area (Å²) in [4.78, 5) is 25.4. The van der Waals surface area contributed by atoms with E-state index in [0.29, 0.717) is 59.1 Å². The molecular formula is C29H30FN7O5. The first-order valence-electron chi connectivity index (χ1n) is 12.8. The maximum atomic E-state index is 13.9. The molecule has 0 aliphatic rings. The molecule has 0 aliphatic heterocycles. The zero-order chi connectivity index (χ0) is 30.1. The van der Waals surface area contributed by atoms with E-state index < -0.39 is 5.91 Å². The van der Waals surface area contributed by atoms with E-state index >= 15 is 0 Å². The standard InChI is InChI=1S/C29H30FN7O5/c1-5-19(35-28(38)27-26(41-6-2)17-37(36-27)16-18-14-33-29(31)34-15-18)7-8-20(13-30)42-23-9-10-32-22-12-25(40-4)24(39-3)11-21(22)23/h5,7-15,17H,6,16H2,1-4H3,(H,35,38)(H2,31,33,34)/b8-7-,19-5+,20-13-. The van der Waals surface area contributed by atoms with Crippen LogP contribution in [0.3, 0.4) is 0 Å². The van der Waals surface area contributed by atoms with Gasteiger partial charge in [-0.05, 0) is 38.1 Å². The molecule has 3 aromatic heterocycles. The van der Waals surface area contributed by atoms with Crippen molar-refractivity contribution in [2.75, 3.05) is 26.6 Å². The fraction of sp³-hybridized carbons (Fsp3) is 0.207. The number of nitrogens with zero attached hydrogens (tertiary/aromatic N) is 5. The molecule has 0 saturated heterocycles. The van der Waals surface area contributed by atoms with Crippen LogP contribution in [0, 0.1) is 0 Å². The number of halogens is 1. The molecule has 0 saturated carbocycles. The highest BCUT2D eigenvalue weighted by molar-refractivity contribution is 5.96. The van der Waals surface area contributed by atoms with Crippen LogP contribution in [-0.2, 0) is 6.54 Å². The predicted molar refractivity (Wildman–Crippen MR) is 154 cm³/mol. The van der Waals surface area contributed by atoms with Gasteiger partial charge in [-0.25, -0.2) is 14.4 Å². The van der Waals surface area contributed by atoms with Gasteiger partial charge in [0.05, 0.1) is 39.1 Å². The molecule has 218 valence electrons. The second kappa shape index (κ2) is 13.7. The first kappa shape index (κ1) is 29.5. The van der Waals surface area contributed by atoms with E-state index in [0.717, 1.165) is 5.56 Å². The minimum atomic E-state index is -0.517. The van der Waals surface area contributed by atoms with Crippen LogP contribution in [0.4, 0.5) is 10.3 Å². The van der Waals surface area contributed by atoms with Crippen LogP contribution >= 0.6 is 0 Å². The second-order valence-corrected chi connectivity index (χ2v) is 8.60. The molecular weight excluding hydrogens is 545 g/mol. The van der Waals surface area contributed by atoms with Crippen molar-refractivity contribution in [1.29, 1.82) is 0 Å². The summed E-state index contributed by atoms with van der Waals surface area (Å²) in [5.41, 5.74) is 7.31. The summed E-state index contributed by atoms with van der Waals surface area (Å²) in [5, 5.41) is 7.73. The van der Waals surface area contributed by atoms with Crippen LogP contribution in [0.1, 0.15) is 29.9 Å². The Hall–Kier alpha value is -5.46. The summed E-state index contributed by atoms with van der Waals surface area (Å²) in [6.45, 7) is 4.15. The van der Waals surface area contributed by atoms with Gasteiger partial charge < -0.3 is 30.0 Å². The van der Waals surface area contributed by atoms with E-state index in [2.05, 4.69) is 25.4 Å². The number of carbonyl (C=O) groups is 1. The number of ether oxygens (including phenoxy) is 4. The molecule has 0 unspecified atom stereocenters. The predicted octanol–water partition coefficient (Wildman–Crippen LogP) is 4.35. The molecule has 3 heterocycles. The molecule has 42 heavy (non-hydrogen) atoms. The Morgan fingerprint density at radius 2 is 1.81 bits per heavy atom. The van der Waals surface area contributed by atoms with Crippen LogP contribution < -0.4 is 30.0 Å². The van der Waals surface area contributed by atoms with E-state index in [1.165, 1.54) is 32.6 Å². The van der Waals surface area contributed by atoms with Gasteiger partial charge in [-0.2, -0.15) is 5.10 Å². The first-order chi connectivity index (χ1) is 20.4. The Kier molecular flexibility index (Phi) is 9.66. The number of methoxy groups -OCH3 is 2. The number of fused-ring (bicyclic) bond motifs is 1. The molecule has 4 aromatic rings. The summed E-state index contributed by atoms with van der Waals surface area (Å²) in [5.74, 6) is 1.15. The van der Waals surface area contributed by atoms with Gasteiger partial charge in [0.25, 0.3) is 5.91 Å². The Bertz CT molecular complexity index is 1650. The normalized spacial score (nSPS) is 12.0. The van der Waals surface area contributed by atoms with Gasteiger partial charge in [0, 0.05) is 41.3 Å². The average molecular weight is 576 g/mol. The Labute approximate surface area is 241 Å². The van der Waals surface area contributed by atoms with Gasteiger partial charge in [-0.15, -0.1) is 0 Å². The number of nitrogens with two attached hydrogens (primary N) is 1. The maximum Gasteiger partial charge on any atom is 0.280 e. The van der Waals surface area contributed by atoms with Gasteiger partial charge in [0.2, 0.25) is 5.95 Å². The third kappa shape index (κ3) is 6.99. The zero-order valence-electron chi connectivity index (χ0n) is 23.5. The first-order valence-corrected chi connectivity index (χ1v) is 12.8. The monoisotopic (exact) mass is 575 g/mol. The molecule has 0 radical (unpaired) electrons. The molecule has 0 bridgehead atoms. The van der Waals surface area contributed by atoms with Crippen LogP contribution in [0.25, 0.3) is 10.9 Å². The van der Waals surface area contributed by atoms with Gasteiger partial charge in [-0.3, -0.25) is 14.5 Å². The minimum absolute atomic E-state index is 0.0751. The zero-order valence-corrected chi connectivity index (χ0v) is 23.5. The number of nitrogen functional groups attached to an aromatic ring is 1. The van der Waals surface area contributed by atoms with Crippen molar-refractivity contribution in [3.63, 3.8) is 0 Å². The lowest BCUT2D eigenvalue weighted by Crippen LogP contribution is -2.23. The van der Waals surface area contributed by atoms with Gasteiger partial charge in [0.1, 0.15) is 12.1 Å². The van der Waals surface area contributed by atoms with Crippen molar-refractivity contribution < 1.29 is 28.1 Å². The highest BCUT2D eigenvalue weighted by Gasteiger charge is 2.19. The topological polar surface area (TPSA) is 149 Å². The van der Waals surface area contributed by atoms with Gasteiger partial charge in [-0.1, -0.05) is 6.08 Å². The highest BCUT2D eigenvalue weighted by Crippen LogP contribution is 2.36. The summed E-state index contributed by atoms with van der Waals surface area (Å²) in [6, 6.07) is 5.00. The molecule has 1 aromatic carbocycles. The quantitative estimate of drug-likeness (QED) is 0.184. The molecule has 0 atom stereocenters. The van der Waals surface area contributed by atoms with Crippen LogP contribution in [0.5, 0.6) is 23.0 Å². The van der Waals surface area contributed by atoms with Gasteiger partial charge in [0.15, 0.2) is 28.7 Å². The minimum Gasteiger partial charge on any atom is -0.493 e. The van der Waals surface area contributed by atoms with Crippen molar-refractivity contribution in [3.8, 4) is 23.0 Å². The maximum absolute atomic E-state index is 13.9. The Morgan fingerprint density at radius 3 is 2.48 bits per heavy atom. The van der Waals surface area contributed by atoms with E-state index in [1.54, 1.807) is 61.4 Å². The largest absolute Gasteiger partial charge is 0.493 e. The number of pyridine rings is 1. The van der Waals surface area contributed by atoms with Crippen LogP contribution in [0.15, 0.2) is 79.0 Å². The number of rotatable bonds is 12. The second-order valence-electron chi connectivity index (χ2n) is 8.60. The van der Waals surface area contributed by atoms with Crippen molar-refractivity contribution in [1.82, 2.24) is 30.0 Å². The number of anilines is 1. The van der Waals surface area contributed by atoms with Crippen LogP contribution in [0.2, 0.25) is 0 Å². The number of nitrogens with one attached hydrogen (secondary N) is 1. The SMILES string of the molecule is C\C=C(/C=C\C(=C\F)Oc1ccnc2cc(OC)c(OC)cc12)NC(=O)c1nn(Cc2cnc(N)nc2)cc1OCC. The fourth-order valence-corrected chi connectivity index (χ4v) is 3.86. The summed E-state index contributed by atoms with van der Waals surface area (Å²) < 4.78 is 37.6. The Balaban J connectivity index is 1.49. The molecule has 0 spiro atoms. The number of benzene rings is 1. The van der Waals surface area contributed by atoms with E-state index in [-0.39, 0.29) is 17.4 Å². The van der Waals surface area contributed by atoms with Crippen LogP contribution in [-0.4, -0.2) is 51.5 Å². The third-order valence-corrected chi connectivity index (χ3v) is 5.85. The molecule has 12 nitrogen and oxygen atoms in total. The molecule has 1 amide bonds. The smallest absolute Gasteiger partial charge is 0.280 e. The number of amides is 1.